The number of amides is 1. The second kappa shape index (κ2) is 8.43. The highest BCUT2D eigenvalue weighted by Gasteiger charge is 2.11. The fraction of sp³-hybridized carbons (Fsp3) is 0.111. The topological polar surface area (TPSA) is 46.9 Å². The monoisotopic (exact) mass is 391 g/mol. The molecule has 0 atom stereocenters. The van der Waals surface area contributed by atoms with E-state index >= 15 is 0 Å². The van der Waals surface area contributed by atoms with Gasteiger partial charge >= 0.3 is 0 Å². The molecule has 3 rings (SSSR count). The molecule has 0 aliphatic carbocycles. The lowest BCUT2D eigenvalue weighted by atomic mass is 10.2. The number of nitrogens with one attached hydrogen (secondary N) is 1. The van der Waals surface area contributed by atoms with Gasteiger partial charge in [0, 0.05) is 26.6 Å². The Kier molecular flexibility index (Phi) is 6.02. The van der Waals surface area contributed by atoms with Gasteiger partial charge in [-0.1, -0.05) is 47.5 Å². The third-order valence-electron chi connectivity index (χ3n) is 3.47. The number of halogens is 2. The van der Waals surface area contributed by atoms with Crippen molar-refractivity contribution < 1.29 is 4.79 Å². The molecule has 0 fully saturated rings. The molecule has 0 aliphatic rings. The first-order valence-electron chi connectivity index (χ1n) is 7.56. The minimum atomic E-state index is -0.0964. The fourth-order valence-corrected chi connectivity index (χ4v) is 3.48. The van der Waals surface area contributed by atoms with Crippen LogP contribution in [0.4, 0.5) is 5.82 Å². The number of aromatic nitrogens is 2. The highest BCUT2D eigenvalue weighted by Crippen LogP contribution is 2.26. The van der Waals surface area contributed by atoms with E-state index in [0.29, 0.717) is 28.2 Å². The summed E-state index contributed by atoms with van der Waals surface area (Å²) in [5.74, 6) is 0.831. The van der Waals surface area contributed by atoms with Crippen molar-refractivity contribution in [2.24, 2.45) is 0 Å². The summed E-state index contributed by atoms with van der Waals surface area (Å²) < 4.78 is 1.66. The summed E-state index contributed by atoms with van der Waals surface area (Å²) in [5.41, 5.74) is 0.767. The first kappa shape index (κ1) is 17.9. The van der Waals surface area contributed by atoms with Crippen LogP contribution in [0.15, 0.2) is 65.7 Å². The Hall–Kier alpha value is -1.95. The van der Waals surface area contributed by atoms with Crippen LogP contribution >= 0.6 is 35.0 Å². The molecule has 1 amide bonds. The molecule has 0 saturated heterocycles. The minimum absolute atomic E-state index is 0.0964. The second-order valence-electron chi connectivity index (χ2n) is 5.22. The summed E-state index contributed by atoms with van der Waals surface area (Å²) in [6.07, 6.45) is 1.63. The smallest absolute Gasteiger partial charge is 0.235 e. The summed E-state index contributed by atoms with van der Waals surface area (Å²) in [7, 11) is 0. The Morgan fingerprint density at radius 2 is 1.76 bits per heavy atom. The predicted octanol–water partition coefficient (Wildman–Crippen LogP) is 4.97. The summed E-state index contributed by atoms with van der Waals surface area (Å²) >= 11 is 13.9. The van der Waals surface area contributed by atoms with Crippen LogP contribution in [0.1, 0.15) is 5.56 Å². The molecule has 0 bridgehead atoms. The van der Waals surface area contributed by atoms with Gasteiger partial charge in [-0.15, -0.1) is 11.8 Å². The average Bonchev–Trinajstić information content (AvgIpc) is 3.04. The lowest BCUT2D eigenvalue weighted by Gasteiger charge is -2.11. The summed E-state index contributed by atoms with van der Waals surface area (Å²) in [4.78, 5) is 13.2. The number of anilines is 1. The van der Waals surface area contributed by atoms with Crippen LogP contribution in [0.25, 0.3) is 0 Å². The third-order valence-corrected chi connectivity index (χ3v) is 5.19. The van der Waals surface area contributed by atoms with E-state index in [9.17, 15) is 4.79 Å². The zero-order valence-electron chi connectivity index (χ0n) is 13.2. The largest absolute Gasteiger partial charge is 0.310 e. The maximum atomic E-state index is 12.2. The van der Waals surface area contributed by atoms with Crippen molar-refractivity contribution in [3.8, 4) is 0 Å². The van der Waals surface area contributed by atoms with Gasteiger partial charge in [0.2, 0.25) is 5.91 Å². The molecule has 0 radical (unpaired) electrons. The molecule has 0 aliphatic heterocycles. The van der Waals surface area contributed by atoms with Gasteiger partial charge in [-0.05, 0) is 24.3 Å². The van der Waals surface area contributed by atoms with Crippen LogP contribution in [-0.4, -0.2) is 21.4 Å². The SMILES string of the molecule is O=C(CSc1ccccc1)Nc1ccnn1Cc1c(Cl)cccc1Cl. The van der Waals surface area contributed by atoms with Crippen LogP contribution in [0.3, 0.4) is 0 Å². The molecule has 25 heavy (non-hydrogen) atoms. The lowest BCUT2D eigenvalue weighted by Crippen LogP contribution is -2.18. The van der Waals surface area contributed by atoms with E-state index in [-0.39, 0.29) is 5.91 Å². The molecule has 2 aromatic carbocycles. The van der Waals surface area contributed by atoms with Crippen LogP contribution in [0.2, 0.25) is 10.0 Å². The Morgan fingerprint density at radius 3 is 2.48 bits per heavy atom. The van der Waals surface area contributed by atoms with Crippen molar-refractivity contribution in [2.75, 3.05) is 11.1 Å². The molecule has 0 saturated carbocycles. The predicted molar refractivity (Wildman–Crippen MR) is 104 cm³/mol. The second-order valence-corrected chi connectivity index (χ2v) is 7.09. The van der Waals surface area contributed by atoms with Gasteiger partial charge in [0.1, 0.15) is 5.82 Å². The number of hydrogen-bond donors (Lipinski definition) is 1. The Morgan fingerprint density at radius 1 is 1.04 bits per heavy atom. The van der Waals surface area contributed by atoms with E-state index in [1.165, 1.54) is 11.8 Å². The summed E-state index contributed by atoms with van der Waals surface area (Å²) in [6.45, 7) is 0.382. The molecule has 128 valence electrons. The van der Waals surface area contributed by atoms with Gasteiger partial charge < -0.3 is 5.32 Å². The number of thioether (sulfide) groups is 1. The Bertz CT molecular complexity index is 848. The van der Waals surface area contributed by atoms with E-state index in [0.717, 1.165) is 10.5 Å². The first-order valence-corrected chi connectivity index (χ1v) is 9.30. The molecule has 3 aromatic rings. The molecule has 1 aromatic heterocycles. The number of carbonyl (C=O) groups is 1. The zero-order chi connectivity index (χ0) is 17.6. The Labute approximate surface area is 160 Å². The van der Waals surface area contributed by atoms with Crippen molar-refractivity contribution in [3.63, 3.8) is 0 Å². The number of carbonyl (C=O) groups excluding carboxylic acids is 1. The van der Waals surface area contributed by atoms with Gasteiger partial charge in [-0.2, -0.15) is 5.10 Å². The molecular weight excluding hydrogens is 377 g/mol. The molecule has 0 spiro atoms. The molecule has 1 heterocycles. The van der Waals surface area contributed by atoms with Crippen molar-refractivity contribution in [1.29, 1.82) is 0 Å². The third kappa shape index (κ3) is 4.78. The van der Waals surface area contributed by atoms with E-state index in [2.05, 4.69) is 10.4 Å². The molecule has 4 nitrogen and oxygen atoms in total. The van der Waals surface area contributed by atoms with E-state index in [4.69, 9.17) is 23.2 Å². The van der Waals surface area contributed by atoms with Gasteiger partial charge in [-0.3, -0.25) is 4.79 Å². The molecule has 1 N–H and O–H groups in total. The van der Waals surface area contributed by atoms with Gasteiger partial charge in [-0.25, -0.2) is 4.68 Å². The molecule has 0 unspecified atom stereocenters. The maximum Gasteiger partial charge on any atom is 0.235 e. The first-order chi connectivity index (χ1) is 12.1. The Balaban J connectivity index is 1.64. The van der Waals surface area contributed by atoms with Crippen molar-refractivity contribution >= 4 is 46.7 Å². The fourth-order valence-electron chi connectivity index (χ4n) is 2.24. The standard InChI is InChI=1S/C18H15Cl2N3OS/c19-15-7-4-8-16(20)14(15)11-23-17(9-10-21-23)22-18(24)12-25-13-5-2-1-3-6-13/h1-10H,11-12H2,(H,22,24). The van der Waals surface area contributed by atoms with Gasteiger partial charge in [0.05, 0.1) is 18.5 Å². The lowest BCUT2D eigenvalue weighted by molar-refractivity contribution is -0.113. The van der Waals surface area contributed by atoms with Crippen LogP contribution in [-0.2, 0) is 11.3 Å². The summed E-state index contributed by atoms with van der Waals surface area (Å²) in [6, 6.07) is 16.9. The van der Waals surface area contributed by atoms with Crippen LogP contribution in [0, 0.1) is 0 Å². The highest BCUT2D eigenvalue weighted by atomic mass is 35.5. The van der Waals surface area contributed by atoms with Crippen LogP contribution < -0.4 is 5.32 Å². The molecule has 7 heteroatoms. The van der Waals surface area contributed by atoms with Gasteiger partial charge in [0.25, 0.3) is 0 Å². The van der Waals surface area contributed by atoms with Crippen molar-refractivity contribution in [2.45, 2.75) is 11.4 Å². The number of hydrogen-bond acceptors (Lipinski definition) is 3. The highest BCUT2D eigenvalue weighted by molar-refractivity contribution is 8.00. The maximum absolute atomic E-state index is 12.2. The van der Waals surface area contributed by atoms with E-state index in [1.54, 1.807) is 35.1 Å². The molecular formula is C18H15Cl2N3OS. The zero-order valence-corrected chi connectivity index (χ0v) is 15.5. The summed E-state index contributed by atoms with van der Waals surface area (Å²) in [5, 5.41) is 8.26. The van der Waals surface area contributed by atoms with Crippen molar-refractivity contribution in [3.05, 3.63) is 76.4 Å². The quantitative estimate of drug-likeness (QED) is 0.603. The van der Waals surface area contributed by atoms with Crippen LogP contribution in [0.5, 0.6) is 0 Å². The van der Waals surface area contributed by atoms with E-state index in [1.807, 2.05) is 30.3 Å². The minimum Gasteiger partial charge on any atom is -0.310 e. The van der Waals surface area contributed by atoms with Gasteiger partial charge in [0.15, 0.2) is 0 Å². The van der Waals surface area contributed by atoms with E-state index < -0.39 is 0 Å². The number of nitrogens with zero attached hydrogens (tertiary/aromatic N) is 2. The normalized spacial score (nSPS) is 10.6. The van der Waals surface area contributed by atoms with Crippen molar-refractivity contribution in [1.82, 2.24) is 9.78 Å². The number of rotatable bonds is 6. The number of benzene rings is 2. The average molecular weight is 392 g/mol.